The third-order valence-corrected chi connectivity index (χ3v) is 0.711. The lowest BCUT2D eigenvalue weighted by atomic mass is 10.9. The maximum atomic E-state index is 4.60. The Morgan fingerprint density at radius 2 is 2.71 bits per heavy atom. The first-order chi connectivity index (χ1) is 3.43. The molecule has 0 N–H and O–H groups in total. The second-order valence-electron chi connectivity index (χ2n) is 0.923. The summed E-state index contributed by atoms with van der Waals surface area (Å²) in [6.07, 6.45) is 2.74. The predicted molar refractivity (Wildman–Crippen MR) is 22.9 cm³/mol. The molecule has 0 aromatic carbocycles. The van der Waals surface area contributed by atoms with Crippen molar-refractivity contribution in [3.8, 4) is 5.95 Å². The van der Waals surface area contributed by atoms with Crippen molar-refractivity contribution in [1.82, 2.24) is 4.98 Å². The molecule has 1 rings (SSSR count). The van der Waals surface area contributed by atoms with Gasteiger partial charge in [0.15, 0.2) is 6.39 Å². The summed E-state index contributed by atoms with van der Waals surface area (Å²) in [5.41, 5.74) is 0. The fraction of sp³-hybridized carbons (Fsp3) is 0. The van der Waals surface area contributed by atoms with E-state index in [1.165, 1.54) is 12.6 Å². The molecular formula is C3H2NO2Si. The molecule has 1 aromatic heterocycles. The highest BCUT2D eigenvalue weighted by molar-refractivity contribution is 5.99. The van der Waals surface area contributed by atoms with Gasteiger partial charge in [-0.2, -0.15) is 0 Å². The average molecular weight is 112 g/mol. The minimum absolute atomic E-state index is 0.358. The predicted octanol–water partition coefficient (Wildman–Crippen LogP) is 0.137. The van der Waals surface area contributed by atoms with Crippen molar-refractivity contribution in [3.05, 3.63) is 12.6 Å². The molecule has 1 aromatic rings. The van der Waals surface area contributed by atoms with Gasteiger partial charge in [0.25, 0.3) is 5.95 Å². The van der Waals surface area contributed by atoms with E-state index in [2.05, 4.69) is 24.3 Å². The van der Waals surface area contributed by atoms with Gasteiger partial charge in [-0.15, -0.1) is 0 Å². The van der Waals surface area contributed by atoms with E-state index in [0.29, 0.717) is 5.95 Å². The molecule has 3 nitrogen and oxygen atoms in total. The number of oxazole rings is 1. The minimum atomic E-state index is 0.358. The lowest BCUT2D eigenvalue weighted by molar-refractivity contribution is 0.408. The van der Waals surface area contributed by atoms with Crippen molar-refractivity contribution in [1.29, 1.82) is 0 Å². The quantitative estimate of drug-likeness (QED) is 0.484. The standard InChI is InChI=1S/C3H2NO2Si/c7-6-3-1-4-2-5-3/h1-2H. The summed E-state index contributed by atoms with van der Waals surface area (Å²) < 4.78 is 9.03. The van der Waals surface area contributed by atoms with E-state index in [0.717, 1.165) is 0 Å². The average Bonchev–Trinajstić information content (AvgIpc) is 2.14. The Kier molecular flexibility index (Phi) is 1.12. The number of hydrogen-bond acceptors (Lipinski definition) is 3. The molecule has 0 atom stereocenters. The van der Waals surface area contributed by atoms with E-state index < -0.39 is 0 Å². The summed E-state index contributed by atoms with van der Waals surface area (Å²) in [7, 11) is 2.75. The van der Waals surface area contributed by atoms with Gasteiger partial charge >= 0.3 is 10.5 Å². The van der Waals surface area contributed by atoms with Crippen LogP contribution in [0.3, 0.4) is 0 Å². The Bertz CT molecular complexity index is 127. The van der Waals surface area contributed by atoms with Gasteiger partial charge in [-0.05, 0) is 0 Å². The van der Waals surface area contributed by atoms with E-state index in [1.807, 2.05) is 0 Å². The van der Waals surface area contributed by atoms with Crippen molar-refractivity contribution < 1.29 is 8.84 Å². The molecule has 0 saturated carbocycles. The maximum absolute atomic E-state index is 4.60. The molecule has 3 radical (unpaired) electrons. The van der Waals surface area contributed by atoms with Gasteiger partial charge in [0.1, 0.15) is 6.20 Å². The zero-order valence-electron chi connectivity index (χ0n) is 3.42. The van der Waals surface area contributed by atoms with Crippen LogP contribution < -0.4 is 4.43 Å². The second-order valence-corrected chi connectivity index (χ2v) is 1.13. The van der Waals surface area contributed by atoms with Gasteiger partial charge in [0, 0.05) is 0 Å². The van der Waals surface area contributed by atoms with E-state index in [4.69, 9.17) is 0 Å². The first kappa shape index (κ1) is 4.39. The van der Waals surface area contributed by atoms with Gasteiger partial charge in [0.05, 0.1) is 0 Å². The molecule has 0 aliphatic heterocycles. The third kappa shape index (κ3) is 0.804. The summed E-state index contributed by atoms with van der Waals surface area (Å²) in [4.78, 5) is 3.57. The monoisotopic (exact) mass is 112 g/mol. The van der Waals surface area contributed by atoms with Gasteiger partial charge in [-0.25, -0.2) is 4.98 Å². The third-order valence-electron chi connectivity index (χ3n) is 0.510. The SMILES string of the molecule is [Si]Oc1cnco1. The van der Waals surface area contributed by atoms with Crippen LogP contribution in [0.25, 0.3) is 0 Å². The summed E-state index contributed by atoms with van der Waals surface area (Å²) in [6.45, 7) is 0. The van der Waals surface area contributed by atoms with Crippen LogP contribution in [0, 0.1) is 0 Å². The van der Waals surface area contributed by atoms with E-state index >= 15 is 0 Å². The topological polar surface area (TPSA) is 35.3 Å². The highest BCUT2D eigenvalue weighted by atomic mass is 28.2. The Morgan fingerprint density at radius 1 is 1.86 bits per heavy atom. The smallest absolute Gasteiger partial charge is 0.345 e. The fourth-order valence-electron chi connectivity index (χ4n) is 0.254. The van der Waals surface area contributed by atoms with Crippen LogP contribution in [-0.4, -0.2) is 15.5 Å². The Labute approximate surface area is 43.9 Å². The molecule has 0 amide bonds. The largest absolute Gasteiger partial charge is 0.514 e. The fourth-order valence-corrected chi connectivity index (χ4v) is 0.355. The van der Waals surface area contributed by atoms with Crippen molar-refractivity contribution >= 4 is 10.5 Å². The Balaban J connectivity index is 2.76. The van der Waals surface area contributed by atoms with Crippen LogP contribution in [-0.2, 0) is 0 Å². The molecule has 0 saturated heterocycles. The summed E-state index contributed by atoms with van der Waals surface area (Å²) in [5, 5.41) is 0. The van der Waals surface area contributed by atoms with Crippen LogP contribution in [0.15, 0.2) is 17.0 Å². The summed E-state index contributed by atoms with van der Waals surface area (Å²) >= 11 is 0. The van der Waals surface area contributed by atoms with Crippen LogP contribution in [0.2, 0.25) is 0 Å². The molecule has 1 heterocycles. The number of hydrogen-bond donors (Lipinski definition) is 0. The lowest BCUT2D eigenvalue weighted by Crippen LogP contribution is -1.78. The molecular weight excluding hydrogens is 110 g/mol. The summed E-state index contributed by atoms with van der Waals surface area (Å²) in [5.74, 6) is 0.358. The van der Waals surface area contributed by atoms with Crippen molar-refractivity contribution in [2.75, 3.05) is 0 Å². The van der Waals surface area contributed by atoms with Gasteiger partial charge in [0.2, 0.25) is 0 Å². The molecule has 0 aliphatic rings. The number of rotatable bonds is 1. The van der Waals surface area contributed by atoms with Crippen LogP contribution in [0.1, 0.15) is 0 Å². The molecule has 7 heavy (non-hydrogen) atoms. The summed E-state index contributed by atoms with van der Waals surface area (Å²) in [6, 6.07) is 0. The van der Waals surface area contributed by atoms with Gasteiger partial charge in [-0.1, -0.05) is 0 Å². The first-order valence-corrected chi connectivity index (χ1v) is 2.06. The molecule has 35 valence electrons. The van der Waals surface area contributed by atoms with Gasteiger partial charge in [-0.3, -0.25) is 0 Å². The molecule has 0 bridgehead atoms. The lowest BCUT2D eigenvalue weighted by Gasteiger charge is -1.83. The normalized spacial score (nSPS) is 8.71. The molecule has 0 spiro atoms. The number of nitrogens with zero attached hydrogens (tertiary/aromatic N) is 1. The minimum Gasteiger partial charge on any atom is -0.514 e. The molecule has 4 heteroatoms. The van der Waals surface area contributed by atoms with Crippen molar-refractivity contribution in [2.24, 2.45) is 0 Å². The van der Waals surface area contributed by atoms with Crippen LogP contribution >= 0.6 is 0 Å². The van der Waals surface area contributed by atoms with Crippen molar-refractivity contribution in [2.45, 2.75) is 0 Å². The Hall–Kier alpha value is -0.773. The highest BCUT2D eigenvalue weighted by Crippen LogP contribution is 2.03. The maximum Gasteiger partial charge on any atom is 0.345 e. The first-order valence-electron chi connectivity index (χ1n) is 1.65. The zero-order valence-corrected chi connectivity index (χ0v) is 4.42. The van der Waals surface area contributed by atoms with Crippen molar-refractivity contribution in [3.63, 3.8) is 0 Å². The van der Waals surface area contributed by atoms with Crippen LogP contribution in [0.5, 0.6) is 5.95 Å². The van der Waals surface area contributed by atoms with Gasteiger partial charge < -0.3 is 8.84 Å². The second kappa shape index (κ2) is 1.79. The van der Waals surface area contributed by atoms with E-state index in [-0.39, 0.29) is 0 Å². The van der Waals surface area contributed by atoms with E-state index in [9.17, 15) is 0 Å². The molecule has 0 fully saturated rings. The highest BCUT2D eigenvalue weighted by Gasteiger charge is 1.86. The molecule has 0 unspecified atom stereocenters. The number of aromatic nitrogens is 1. The van der Waals surface area contributed by atoms with Crippen LogP contribution in [0.4, 0.5) is 0 Å². The zero-order chi connectivity index (χ0) is 5.11. The van der Waals surface area contributed by atoms with E-state index in [1.54, 1.807) is 0 Å². The Morgan fingerprint density at radius 3 is 3.00 bits per heavy atom. The molecule has 0 aliphatic carbocycles.